The number of anilines is 2. The van der Waals surface area contributed by atoms with E-state index in [9.17, 15) is 78.0 Å². The van der Waals surface area contributed by atoms with Crippen molar-refractivity contribution in [2.45, 2.75) is 86.9 Å². The van der Waals surface area contributed by atoms with Crippen LogP contribution in [-0.2, 0) is 54.5 Å². The zero-order chi connectivity index (χ0) is 55.5. The number of aliphatic carboxylic acids is 4. The number of guanidine groups is 1. The Kier molecular flexibility index (Phi) is 21.4. The van der Waals surface area contributed by atoms with Crippen molar-refractivity contribution in [3.8, 4) is 0 Å². The van der Waals surface area contributed by atoms with Gasteiger partial charge in [0, 0.05) is 42.9 Å². The molecule has 6 atom stereocenters. The van der Waals surface area contributed by atoms with E-state index in [1.807, 2.05) is 0 Å². The number of aromatic nitrogens is 4. The maximum Gasteiger partial charge on any atom is 0.327 e. The van der Waals surface area contributed by atoms with E-state index in [2.05, 4.69) is 63.7 Å². The third-order valence-corrected chi connectivity index (χ3v) is 11.9. The first-order chi connectivity index (χ1) is 35.4. The van der Waals surface area contributed by atoms with Crippen LogP contribution >= 0.6 is 11.8 Å². The molecular weight excluding hydrogens is 1010 g/mol. The number of amides is 7. The number of hydrogen-bond acceptors (Lipinski definition) is 19. The van der Waals surface area contributed by atoms with Gasteiger partial charge in [-0.1, -0.05) is 6.08 Å². The Balaban J connectivity index is 1.38. The van der Waals surface area contributed by atoms with Gasteiger partial charge in [-0.2, -0.15) is 4.98 Å². The Labute approximate surface area is 427 Å². The van der Waals surface area contributed by atoms with Crippen LogP contribution in [0.25, 0.3) is 11.2 Å². The number of nitrogens with two attached hydrogens (primary N) is 2. The fourth-order valence-electron chi connectivity index (χ4n) is 6.90. The van der Waals surface area contributed by atoms with Crippen LogP contribution in [0, 0.1) is 5.41 Å². The summed E-state index contributed by atoms with van der Waals surface area (Å²) < 4.78 is 0. The molecule has 7 amide bonds. The number of carboxylic acid groups (broad SMARTS) is 4. The summed E-state index contributed by atoms with van der Waals surface area (Å²) in [7, 11) is 0. The number of benzene rings is 1. The average molecular weight is 1070 g/mol. The van der Waals surface area contributed by atoms with Crippen LogP contribution in [-0.4, -0.2) is 171 Å². The molecule has 1 fully saturated rings. The van der Waals surface area contributed by atoms with E-state index in [1.165, 1.54) is 36.5 Å². The molecular formula is C43H53N15O16S. The van der Waals surface area contributed by atoms with Crippen molar-refractivity contribution in [3.63, 3.8) is 0 Å². The molecule has 0 saturated carbocycles. The molecule has 1 aliphatic heterocycles. The van der Waals surface area contributed by atoms with Crippen LogP contribution in [0.4, 0.5) is 11.6 Å². The topological polar surface area (TPSA) is 504 Å². The lowest BCUT2D eigenvalue weighted by molar-refractivity contribution is -0.143. The molecule has 4 rings (SSSR count). The summed E-state index contributed by atoms with van der Waals surface area (Å²) in [4.78, 5) is 167. The monoisotopic (exact) mass is 1070 g/mol. The smallest absolute Gasteiger partial charge is 0.327 e. The fourth-order valence-corrected chi connectivity index (χ4v) is 8.08. The van der Waals surface area contributed by atoms with Crippen LogP contribution in [0.1, 0.15) is 61.0 Å². The van der Waals surface area contributed by atoms with Crippen LogP contribution in [0.2, 0.25) is 0 Å². The van der Waals surface area contributed by atoms with Crippen molar-refractivity contribution >= 4 is 106 Å². The SMILES string of the molecule is C=CCN1C(=O)CC(SC[C@H](NC(=O)[C@H](CC(=O)O)NC(=O)[C@H](CCCNC(=N)N)NC(=O)[C@H](CC(=O)O)NC(=O)CC[C@H](NC(=O)c2ccc(NCc3cnc4nc(N)[nH]c(=O)c4n3)cc2)C(=O)O)C(=O)O)C1=O. The van der Waals surface area contributed by atoms with Gasteiger partial charge in [-0.05, 0) is 43.5 Å². The molecule has 17 N–H and O–H groups in total. The number of likely N-dealkylation sites (tertiary alicyclic amines) is 1. The lowest BCUT2D eigenvalue weighted by Gasteiger charge is -2.25. The molecule has 32 heteroatoms. The van der Waals surface area contributed by atoms with Crippen LogP contribution in [0.5, 0.6) is 0 Å². The van der Waals surface area contributed by atoms with Crippen molar-refractivity contribution < 1.29 is 73.2 Å². The lowest BCUT2D eigenvalue weighted by atomic mass is 10.1. The predicted octanol–water partition coefficient (Wildman–Crippen LogP) is -3.85. The minimum atomic E-state index is -2.00. The molecule has 0 aliphatic carbocycles. The predicted molar refractivity (Wildman–Crippen MR) is 261 cm³/mol. The number of rotatable bonds is 30. The number of aromatic amines is 1. The number of carboxylic acids is 4. The van der Waals surface area contributed by atoms with Gasteiger partial charge in [0.05, 0.1) is 36.5 Å². The quantitative estimate of drug-likeness (QED) is 0.00999. The standard InChI is InChI=1S/C43H53N15O16S/c1-2-12-58-29(60)15-27(39(58)70)75-18-26(41(73)74)55-37(68)25(14-31(63)64)54-35(66)22(4-3-11-47-42(44)45)52-36(67)24(13-30(61)62)51-28(59)10-9-23(40(71)72)53-34(65)19-5-7-20(8-6-19)48-16-21-17-49-33-32(50-21)38(69)57-43(46)56-33/h2,5-8,17,22-27,48H,1,3-4,9-16,18H2,(H,51,59)(H,52,67)(H,53,65)(H,54,66)(H,55,68)(H,61,62)(H,63,64)(H,71,72)(H,73,74)(H4,44,45,47)(H3,46,49,56,57,69)/t22-,23-,24-,25-,26-,27?/m0/s1. The van der Waals surface area contributed by atoms with E-state index in [1.54, 1.807) is 0 Å². The fraction of sp³-hybridized carbons (Fsp3) is 0.395. The molecule has 1 aromatic carbocycles. The molecule has 1 aliphatic rings. The summed E-state index contributed by atoms with van der Waals surface area (Å²) in [6.45, 7) is 3.41. The van der Waals surface area contributed by atoms with Crippen molar-refractivity contribution in [2.24, 2.45) is 5.73 Å². The zero-order valence-electron chi connectivity index (χ0n) is 39.5. The first-order valence-corrected chi connectivity index (χ1v) is 23.4. The highest BCUT2D eigenvalue weighted by atomic mass is 32.2. The van der Waals surface area contributed by atoms with Crippen LogP contribution in [0.3, 0.4) is 0 Å². The van der Waals surface area contributed by atoms with Crippen LogP contribution < -0.4 is 54.2 Å². The summed E-state index contributed by atoms with van der Waals surface area (Å²) in [5, 5.41) is 61.6. The third kappa shape index (κ3) is 18.1. The molecule has 0 radical (unpaired) electrons. The summed E-state index contributed by atoms with van der Waals surface area (Å²) in [6.07, 6.45) is -1.45. The van der Waals surface area contributed by atoms with Gasteiger partial charge in [0.2, 0.25) is 41.4 Å². The summed E-state index contributed by atoms with van der Waals surface area (Å²) in [5.41, 5.74) is 11.1. The minimum Gasteiger partial charge on any atom is -0.481 e. The summed E-state index contributed by atoms with van der Waals surface area (Å²) in [6, 6.07) is -3.41. The molecule has 0 bridgehead atoms. The highest BCUT2D eigenvalue weighted by Gasteiger charge is 2.40. The molecule has 402 valence electrons. The molecule has 75 heavy (non-hydrogen) atoms. The second-order valence-corrected chi connectivity index (χ2v) is 17.5. The second kappa shape index (κ2) is 27.6. The molecule has 31 nitrogen and oxygen atoms in total. The van der Waals surface area contributed by atoms with Gasteiger partial charge >= 0.3 is 23.9 Å². The van der Waals surface area contributed by atoms with Crippen LogP contribution in [0.15, 0.2) is 47.9 Å². The maximum absolute atomic E-state index is 13.7. The highest BCUT2D eigenvalue weighted by Crippen LogP contribution is 2.26. The van der Waals surface area contributed by atoms with Gasteiger partial charge in [-0.3, -0.25) is 63.2 Å². The third-order valence-electron chi connectivity index (χ3n) is 10.6. The van der Waals surface area contributed by atoms with E-state index < -0.39 is 144 Å². The number of hydrogen-bond donors (Lipinski definition) is 15. The van der Waals surface area contributed by atoms with E-state index >= 15 is 0 Å². The number of nitrogen functional groups attached to an aromatic ring is 1. The number of thioether (sulfide) groups is 1. The van der Waals surface area contributed by atoms with E-state index in [0.717, 1.165) is 16.7 Å². The van der Waals surface area contributed by atoms with Gasteiger partial charge < -0.3 is 69.1 Å². The number of nitrogens with one attached hydrogen (secondary N) is 9. The van der Waals surface area contributed by atoms with E-state index in [-0.39, 0.29) is 61.6 Å². The Morgan fingerprint density at radius 2 is 1.43 bits per heavy atom. The Morgan fingerprint density at radius 3 is 2.03 bits per heavy atom. The van der Waals surface area contributed by atoms with Crippen molar-refractivity contribution in [3.05, 3.63) is 64.7 Å². The number of H-pyrrole nitrogens is 1. The normalized spacial score (nSPS) is 15.0. The van der Waals surface area contributed by atoms with Crippen molar-refractivity contribution in [1.29, 1.82) is 5.41 Å². The van der Waals surface area contributed by atoms with Gasteiger partial charge in [0.1, 0.15) is 30.2 Å². The van der Waals surface area contributed by atoms with Crippen molar-refractivity contribution in [2.75, 3.05) is 29.9 Å². The van der Waals surface area contributed by atoms with Gasteiger partial charge in [0.15, 0.2) is 17.1 Å². The minimum absolute atomic E-state index is 0.00815. The molecule has 1 saturated heterocycles. The summed E-state index contributed by atoms with van der Waals surface area (Å²) in [5.74, 6) is -14.5. The number of nitrogens with zero attached hydrogens (tertiary/aromatic N) is 4. The maximum atomic E-state index is 13.7. The molecule has 2 aromatic heterocycles. The molecule has 3 heterocycles. The molecule has 1 unspecified atom stereocenters. The zero-order valence-corrected chi connectivity index (χ0v) is 40.3. The average Bonchev–Trinajstić information content (AvgIpc) is 3.60. The molecule has 3 aromatic rings. The number of fused-ring (bicyclic) bond motifs is 1. The van der Waals surface area contributed by atoms with Gasteiger partial charge in [-0.25, -0.2) is 19.6 Å². The van der Waals surface area contributed by atoms with Crippen molar-refractivity contribution in [1.82, 2.24) is 56.7 Å². The first-order valence-electron chi connectivity index (χ1n) is 22.4. The van der Waals surface area contributed by atoms with E-state index in [0.29, 0.717) is 11.4 Å². The van der Waals surface area contributed by atoms with Gasteiger partial charge in [0.25, 0.3) is 11.5 Å². The lowest BCUT2D eigenvalue weighted by Crippen LogP contribution is -2.58. The van der Waals surface area contributed by atoms with Gasteiger partial charge in [-0.15, -0.1) is 18.3 Å². The molecule has 0 spiro atoms. The Hall–Kier alpha value is -9.23. The number of imide groups is 1. The largest absolute Gasteiger partial charge is 0.481 e. The highest BCUT2D eigenvalue weighted by molar-refractivity contribution is 8.00. The first kappa shape index (κ1) is 58.3. The Morgan fingerprint density at radius 1 is 0.827 bits per heavy atom. The number of carbonyl (C=O) groups excluding carboxylic acids is 7. The second-order valence-electron chi connectivity index (χ2n) is 16.3. The van der Waals surface area contributed by atoms with E-state index in [4.69, 9.17) is 16.9 Å². The Bertz CT molecular complexity index is 2780. The number of carbonyl (C=O) groups is 11. The summed E-state index contributed by atoms with van der Waals surface area (Å²) >= 11 is 0.736.